The molecule has 0 bridgehead atoms. The van der Waals surface area contributed by atoms with Crippen LogP contribution < -0.4 is 15.4 Å². The summed E-state index contributed by atoms with van der Waals surface area (Å²) in [5.41, 5.74) is 0.963. The van der Waals surface area contributed by atoms with Crippen molar-refractivity contribution >= 4 is 45.0 Å². The van der Waals surface area contributed by atoms with Crippen molar-refractivity contribution in [2.24, 2.45) is 0 Å². The zero-order chi connectivity index (χ0) is 19.9. The van der Waals surface area contributed by atoms with Crippen LogP contribution in [0.15, 0.2) is 46.9 Å². The maximum absolute atomic E-state index is 12.7. The van der Waals surface area contributed by atoms with E-state index in [0.29, 0.717) is 22.0 Å². The lowest BCUT2D eigenvalue weighted by Gasteiger charge is -2.22. The molecule has 0 aromatic heterocycles. The van der Waals surface area contributed by atoms with Gasteiger partial charge in [-0.2, -0.15) is 0 Å². The van der Waals surface area contributed by atoms with Gasteiger partial charge in [-0.1, -0.05) is 46.8 Å². The predicted molar refractivity (Wildman–Crippen MR) is 114 cm³/mol. The first-order chi connectivity index (χ1) is 13.5. The van der Waals surface area contributed by atoms with Crippen LogP contribution in [0.25, 0.3) is 0 Å². The molecule has 0 radical (unpaired) electrons. The van der Waals surface area contributed by atoms with Crippen LogP contribution in [0.3, 0.4) is 0 Å². The third kappa shape index (κ3) is 5.97. The molecule has 0 atom stereocenters. The van der Waals surface area contributed by atoms with Gasteiger partial charge in [-0.15, -0.1) is 0 Å². The first-order valence-corrected chi connectivity index (χ1v) is 10.5. The van der Waals surface area contributed by atoms with E-state index in [9.17, 15) is 9.59 Å². The van der Waals surface area contributed by atoms with E-state index in [1.165, 1.54) is 6.42 Å². The van der Waals surface area contributed by atoms with Crippen molar-refractivity contribution in [1.29, 1.82) is 0 Å². The molecule has 148 valence electrons. The number of nitrogens with one attached hydrogen (secondary N) is 2. The minimum absolute atomic E-state index is 0.126. The van der Waals surface area contributed by atoms with Crippen LogP contribution in [-0.4, -0.2) is 24.5 Å². The number of benzene rings is 2. The molecule has 7 heteroatoms. The summed E-state index contributed by atoms with van der Waals surface area (Å²) in [5.74, 6) is -0.140. The van der Waals surface area contributed by atoms with Gasteiger partial charge in [0.15, 0.2) is 6.61 Å². The zero-order valence-corrected chi connectivity index (χ0v) is 17.7. The zero-order valence-electron chi connectivity index (χ0n) is 15.3. The molecular formula is C21H22BrClN2O3. The summed E-state index contributed by atoms with van der Waals surface area (Å²) in [6.45, 7) is -0.126. The fraction of sp³-hybridized carbons (Fsp3) is 0.333. The molecule has 0 unspecified atom stereocenters. The van der Waals surface area contributed by atoms with E-state index in [1.54, 1.807) is 42.5 Å². The molecule has 1 saturated carbocycles. The van der Waals surface area contributed by atoms with Crippen molar-refractivity contribution in [3.05, 3.63) is 57.5 Å². The van der Waals surface area contributed by atoms with Crippen molar-refractivity contribution in [3.8, 4) is 5.75 Å². The van der Waals surface area contributed by atoms with Gasteiger partial charge >= 0.3 is 0 Å². The van der Waals surface area contributed by atoms with Crippen LogP contribution in [0.1, 0.15) is 42.5 Å². The summed E-state index contributed by atoms with van der Waals surface area (Å²) in [4.78, 5) is 24.9. The molecule has 2 aromatic rings. The highest BCUT2D eigenvalue weighted by atomic mass is 79.9. The summed E-state index contributed by atoms with van der Waals surface area (Å²) in [5, 5.41) is 6.41. The maximum Gasteiger partial charge on any atom is 0.259 e. The molecule has 0 heterocycles. The smallest absolute Gasteiger partial charge is 0.259 e. The highest BCUT2D eigenvalue weighted by molar-refractivity contribution is 9.10. The Morgan fingerprint density at radius 1 is 1.07 bits per heavy atom. The van der Waals surface area contributed by atoms with Crippen LogP contribution in [0.2, 0.25) is 5.02 Å². The van der Waals surface area contributed by atoms with Gasteiger partial charge in [-0.25, -0.2) is 0 Å². The molecule has 0 saturated heterocycles. The van der Waals surface area contributed by atoms with Crippen LogP contribution in [0.5, 0.6) is 5.75 Å². The van der Waals surface area contributed by atoms with Gasteiger partial charge in [0.05, 0.1) is 5.56 Å². The quantitative estimate of drug-likeness (QED) is 0.617. The molecule has 2 N–H and O–H groups in total. The highest BCUT2D eigenvalue weighted by Crippen LogP contribution is 2.25. The van der Waals surface area contributed by atoms with E-state index in [0.717, 1.165) is 30.2 Å². The highest BCUT2D eigenvalue weighted by Gasteiger charge is 2.18. The van der Waals surface area contributed by atoms with Gasteiger partial charge in [0.25, 0.3) is 11.8 Å². The lowest BCUT2D eigenvalue weighted by atomic mass is 9.95. The molecule has 1 aliphatic carbocycles. The van der Waals surface area contributed by atoms with Crippen molar-refractivity contribution in [3.63, 3.8) is 0 Å². The number of carbonyl (C=O) groups is 2. The number of amides is 2. The standard InChI is InChI=1S/C21H22BrClN2O3/c22-14-6-11-19(28-13-20(26)24-16-4-2-1-3-5-16)18(12-14)21(27)25-17-9-7-15(23)8-10-17/h6-12,16H,1-5,13H2,(H,24,26)(H,25,27). The molecule has 1 aliphatic rings. The molecule has 1 fully saturated rings. The van der Waals surface area contributed by atoms with Crippen LogP contribution in [-0.2, 0) is 4.79 Å². The molecule has 2 amide bonds. The third-order valence-electron chi connectivity index (χ3n) is 4.62. The van der Waals surface area contributed by atoms with Gasteiger partial charge < -0.3 is 15.4 Å². The Balaban J connectivity index is 1.63. The van der Waals surface area contributed by atoms with E-state index >= 15 is 0 Å². The lowest BCUT2D eigenvalue weighted by Crippen LogP contribution is -2.39. The van der Waals surface area contributed by atoms with Gasteiger partial charge in [0, 0.05) is 21.2 Å². The molecule has 0 spiro atoms. The Hall–Kier alpha value is -2.05. The average molecular weight is 466 g/mol. The first-order valence-electron chi connectivity index (χ1n) is 9.30. The molecule has 5 nitrogen and oxygen atoms in total. The number of hydrogen-bond acceptors (Lipinski definition) is 3. The molecular weight excluding hydrogens is 444 g/mol. The summed E-state index contributed by atoms with van der Waals surface area (Å²) < 4.78 is 6.40. The topological polar surface area (TPSA) is 67.4 Å². The largest absolute Gasteiger partial charge is 0.483 e. The second-order valence-electron chi connectivity index (χ2n) is 6.79. The minimum atomic E-state index is -0.327. The molecule has 2 aromatic carbocycles. The number of halogens is 2. The van der Waals surface area contributed by atoms with E-state index in [4.69, 9.17) is 16.3 Å². The van der Waals surface area contributed by atoms with E-state index in [-0.39, 0.29) is 24.5 Å². The Morgan fingerprint density at radius 2 is 1.79 bits per heavy atom. The summed E-state index contributed by atoms with van der Waals surface area (Å²) in [7, 11) is 0. The van der Waals surface area contributed by atoms with E-state index in [2.05, 4.69) is 26.6 Å². The average Bonchev–Trinajstić information content (AvgIpc) is 2.69. The van der Waals surface area contributed by atoms with Gasteiger partial charge in [0.2, 0.25) is 0 Å². The molecule has 3 rings (SSSR count). The number of hydrogen-bond donors (Lipinski definition) is 2. The summed E-state index contributed by atoms with van der Waals surface area (Å²) >= 11 is 9.25. The Kier molecular flexibility index (Phi) is 7.34. The van der Waals surface area contributed by atoms with Crippen LogP contribution >= 0.6 is 27.5 Å². The number of rotatable bonds is 6. The summed E-state index contributed by atoms with van der Waals surface area (Å²) in [6, 6.07) is 12.2. The van der Waals surface area contributed by atoms with Crippen molar-refractivity contribution in [2.45, 2.75) is 38.1 Å². The number of carbonyl (C=O) groups excluding carboxylic acids is 2. The fourth-order valence-electron chi connectivity index (χ4n) is 3.20. The predicted octanol–water partition coefficient (Wildman–Crippen LogP) is 5.18. The van der Waals surface area contributed by atoms with Crippen molar-refractivity contribution < 1.29 is 14.3 Å². The Bertz CT molecular complexity index is 836. The third-order valence-corrected chi connectivity index (χ3v) is 5.36. The van der Waals surface area contributed by atoms with Crippen molar-refractivity contribution in [2.75, 3.05) is 11.9 Å². The Morgan fingerprint density at radius 3 is 2.50 bits per heavy atom. The number of anilines is 1. The Labute approximate surface area is 177 Å². The van der Waals surface area contributed by atoms with Gasteiger partial charge in [-0.3, -0.25) is 9.59 Å². The van der Waals surface area contributed by atoms with Gasteiger partial charge in [0.1, 0.15) is 5.75 Å². The lowest BCUT2D eigenvalue weighted by molar-refractivity contribution is -0.124. The van der Waals surface area contributed by atoms with E-state index in [1.807, 2.05) is 0 Å². The SMILES string of the molecule is O=C(COc1ccc(Br)cc1C(=O)Nc1ccc(Cl)cc1)NC1CCCCC1. The second kappa shape index (κ2) is 9.94. The fourth-order valence-corrected chi connectivity index (χ4v) is 3.68. The monoisotopic (exact) mass is 464 g/mol. The second-order valence-corrected chi connectivity index (χ2v) is 8.14. The minimum Gasteiger partial charge on any atom is -0.483 e. The maximum atomic E-state index is 12.7. The first kappa shape index (κ1) is 20.7. The summed E-state index contributed by atoms with van der Waals surface area (Å²) in [6.07, 6.45) is 5.55. The van der Waals surface area contributed by atoms with Crippen LogP contribution in [0.4, 0.5) is 5.69 Å². The van der Waals surface area contributed by atoms with Gasteiger partial charge in [-0.05, 0) is 55.3 Å². The van der Waals surface area contributed by atoms with Crippen LogP contribution in [0, 0.1) is 0 Å². The van der Waals surface area contributed by atoms with E-state index < -0.39 is 0 Å². The normalized spacial score (nSPS) is 14.4. The molecule has 28 heavy (non-hydrogen) atoms. The van der Waals surface area contributed by atoms with Crippen molar-refractivity contribution in [1.82, 2.24) is 5.32 Å². The number of ether oxygens (including phenoxy) is 1. The molecule has 0 aliphatic heterocycles.